The van der Waals surface area contributed by atoms with Crippen LogP contribution in [-0.4, -0.2) is 11.1 Å². The molecule has 2 aromatic carbocycles. The lowest BCUT2D eigenvalue weighted by Gasteiger charge is -2.17. The van der Waals surface area contributed by atoms with Gasteiger partial charge in [-0.15, -0.1) is 0 Å². The molecule has 0 aliphatic rings. The van der Waals surface area contributed by atoms with Crippen molar-refractivity contribution in [1.82, 2.24) is 0 Å². The van der Waals surface area contributed by atoms with Crippen LogP contribution in [0, 0.1) is 6.92 Å². The van der Waals surface area contributed by atoms with Gasteiger partial charge in [-0.1, -0.05) is 45.7 Å². The third-order valence-electron chi connectivity index (χ3n) is 2.91. The van der Waals surface area contributed by atoms with E-state index in [9.17, 15) is 9.90 Å². The average Bonchev–Trinajstić information content (AvgIpc) is 2.39. The van der Waals surface area contributed by atoms with Crippen molar-refractivity contribution in [3.05, 3.63) is 63.1 Å². The predicted molar refractivity (Wildman–Crippen MR) is 84.3 cm³/mol. The first kappa shape index (κ1) is 14.9. The lowest BCUT2D eigenvalue weighted by molar-refractivity contribution is -0.138. The van der Waals surface area contributed by atoms with Crippen molar-refractivity contribution in [3.63, 3.8) is 0 Å². The maximum atomic E-state index is 11.5. The monoisotopic (exact) mass is 353 g/mol. The second kappa shape index (κ2) is 6.29. The summed E-state index contributed by atoms with van der Waals surface area (Å²) in [6, 6.07) is 11.7. The number of rotatable bonds is 4. The minimum Gasteiger partial charge on any atom is -0.479 e. The molecule has 0 heterocycles. The first-order valence-electron chi connectivity index (χ1n) is 5.98. The molecule has 2 aromatic rings. The Bertz CT molecular complexity index is 646. The number of nitrogens with one attached hydrogen (secondary N) is 1. The van der Waals surface area contributed by atoms with Gasteiger partial charge in [-0.25, -0.2) is 4.79 Å². The molecule has 0 spiro atoms. The molecule has 0 bridgehead atoms. The Labute approximate surface area is 130 Å². The van der Waals surface area contributed by atoms with Crippen molar-refractivity contribution in [2.24, 2.45) is 0 Å². The number of aliphatic carboxylic acids is 1. The van der Waals surface area contributed by atoms with E-state index in [-0.39, 0.29) is 0 Å². The quantitative estimate of drug-likeness (QED) is 0.840. The van der Waals surface area contributed by atoms with E-state index < -0.39 is 12.0 Å². The number of carbonyl (C=O) groups is 1. The van der Waals surface area contributed by atoms with Crippen LogP contribution >= 0.6 is 27.5 Å². The van der Waals surface area contributed by atoms with E-state index in [0.29, 0.717) is 16.3 Å². The lowest BCUT2D eigenvalue weighted by Crippen LogP contribution is -2.20. The molecule has 0 amide bonds. The summed E-state index contributed by atoms with van der Waals surface area (Å²) in [6.07, 6.45) is 0. The molecule has 3 nitrogen and oxygen atoms in total. The zero-order chi connectivity index (χ0) is 14.7. The maximum absolute atomic E-state index is 11.5. The van der Waals surface area contributed by atoms with Crippen molar-refractivity contribution in [2.45, 2.75) is 13.0 Å². The Morgan fingerprint density at radius 3 is 2.65 bits per heavy atom. The summed E-state index contributed by atoms with van der Waals surface area (Å²) < 4.78 is 0.883. The minimum absolute atomic E-state index is 0.559. The van der Waals surface area contributed by atoms with Crippen molar-refractivity contribution < 1.29 is 9.90 Å². The van der Waals surface area contributed by atoms with E-state index in [2.05, 4.69) is 21.2 Å². The molecule has 0 fully saturated rings. The van der Waals surface area contributed by atoms with Gasteiger partial charge >= 0.3 is 5.97 Å². The summed E-state index contributed by atoms with van der Waals surface area (Å²) in [5.41, 5.74) is 2.40. The minimum atomic E-state index is -0.944. The normalized spacial score (nSPS) is 11.9. The Kier molecular flexibility index (Phi) is 4.68. The molecule has 5 heteroatoms. The molecule has 0 aromatic heterocycles. The molecule has 1 unspecified atom stereocenters. The van der Waals surface area contributed by atoms with E-state index >= 15 is 0 Å². The number of carboxylic acids is 1. The number of hydrogen-bond donors (Lipinski definition) is 2. The summed E-state index contributed by atoms with van der Waals surface area (Å²) in [4.78, 5) is 11.5. The molecule has 1 atom stereocenters. The number of carboxylic acid groups (broad SMARTS) is 1. The highest BCUT2D eigenvalue weighted by atomic mass is 79.9. The molecular formula is C15H13BrClNO2. The Hall–Kier alpha value is -1.52. The Morgan fingerprint density at radius 1 is 1.30 bits per heavy atom. The van der Waals surface area contributed by atoms with Gasteiger partial charge in [0, 0.05) is 15.2 Å². The number of aryl methyl sites for hydroxylation is 1. The summed E-state index contributed by atoms with van der Waals surface area (Å²) in [6.45, 7) is 1.95. The molecule has 104 valence electrons. The molecule has 0 saturated carbocycles. The van der Waals surface area contributed by atoms with Crippen molar-refractivity contribution in [2.75, 3.05) is 5.32 Å². The van der Waals surface area contributed by atoms with E-state index in [1.807, 2.05) is 19.1 Å². The van der Waals surface area contributed by atoms with Gasteiger partial charge in [-0.05, 0) is 42.3 Å². The van der Waals surface area contributed by atoms with Crippen LogP contribution in [-0.2, 0) is 4.79 Å². The first-order valence-corrected chi connectivity index (χ1v) is 7.15. The zero-order valence-electron chi connectivity index (χ0n) is 10.7. The highest BCUT2D eigenvalue weighted by molar-refractivity contribution is 9.10. The molecule has 20 heavy (non-hydrogen) atoms. The number of hydrogen-bond acceptors (Lipinski definition) is 2. The second-order valence-electron chi connectivity index (χ2n) is 4.43. The van der Waals surface area contributed by atoms with E-state index in [1.165, 1.54) is 0 Å². The SMILES string of the molecule is Cc1ccc(C(Nc2cccc(Cl)c2)C(=O)O)cc1Br. The van der Waals surface area contributed by atoms with Gasteiger partial charge in [0.15, 0.2) is 6.04 Å². The van der Waals surface area contributed by atoms with E-state index in [4.69, 9.17) is 11.6 Å². The van der Waals surface area contributed by atoms with Gasteiger partial charge < -0.3 is 10.4 Å². The van der Waals surface area contributed by atoms with E-state index in [1.54, 1.807) is 30.3 Å². The van der Waals surface area contributed by atoms with Crippen LogP contribution in [0.5, 0.6) is 0 Å². The van der Waals surface area contributed by atoms with Crippen molar-refractivity contribution >= 4 is 39.2 Å². The first-order chi connectivity index (χ1) is 9.47. The van der Waals surface area contributed by atoms with Crippen LogP contribution in [0.4, 0.5) is 5.69 Å². The van der Waals surface area contributed by atoms with Crippen molar-refractivity contribution in [3.8, 4) is 0 Å². The van der Waals surface area contributed by atoms with Crippen molar-refractivity contribution in [1.29, 1.82) is 0 Å². The molecule has 0 aliphatic heterocycles. The summed E-state index contributed by atoms with van der Waals surface area (Å²) >= 11 is 9.32. The van der Waals surface area contributed by atoms with Gasteiger partial charge in [-0.2, -0.15) is 0 Å². The number of benzene rings is 2. The smallest absolute Gasteiger partial charge is 0.330 e. The number of anilines is 1. The van der Waals surface area contributed by atoms with Crippen LogP contribution < -0.4 is 5.32 Å². The van der Waals surface area contributed by atoms with Gasteiger partial charge in [0.25, 0.3) is 0 Å². The highest BCUT2D eigenvalue weighted by Crippen LogP contribution is 2.26. The third kappa shape index (κ3) is 3.52. The molecule has 0 radical (unpaired) electrons. The fourth-order valence-corrected chi connectivity index (χ4v) is 2.41. The summed E-state index contributed by atoms with van der Waals surface area (Å²) in [5.74, 6) is -0.944. The third-order valence-corrected chi connectivity index (χ3v) is 4.00. The maximum Gasteiger partial charge on any atom is 0.330 e. The van der Waals surface area contributed by atoms with Crippen LogP contribution in [0.2, 0.25) is 5.02 Å². The average molecular weight is 355 g/mol. The molecule has 2 N–H and O–H groups in total. The lowest BCUT2D eigenvalue weighted by atomic mass is 10.0. The molecule has 0 aliphatic carbocycles. The Morgan fingerprint density at radius 2 is 2.05 bits per heavy atom. The highest BCUT2D eigenvalue weighted by Gasteiger charge is 2.20. The zero-order valence-corrected chi connectivity index (χ0v) is 13.1. The van der Waals surface area contributed by atoms with Gasteiger partial charge in [-0.3, -0.25) is 0 Å². The van der Waals surface area contributed by atoms with Crippen LogP contribution in [0.1, 0.15) is 17.2 Å². The topological polar surface area (TPSA) is 49.3 Å². The van der Waals surface area contributed by atoms with Gasteiger partial charge in [0.05, 0.1) is 0 Å². The van der Waals surface area contributed by atoms with E-state index in [0.717, 1.165) is 10.0 Å². The number of halogens is 2. The predicted octanol–water partition coefficient (Wildman–Crippen LogP) is 4.65. The van der Waals surface area contributed by atoms with Gasteiger partial charge in [0.1, 0.15) is 0 Å². The Balaban J connectivity index is 2.32. The fourth-order valence-electron chi connectivity index (χ4n) is 1.82. The van der Waals surface area contributed by atoms with Crippen LogP contribution in [0.15, 0.2) is 46.9 Å². The largest absolute Gasteiger partial charge is 0.479 e. The molecular weight excluding hydrogens is 342 g/mol. The van der Waals surface area contributed by atoms with Crippen LogP contribution in [0.25, 0.3) is 0 Å². The standard InChI is InChI=1S/C15H13BrClNO2/c1-9-5-6-10(7-13(9)16)14(15(19)20)18-12-4-2-3-11(17)8-12/h2-8,14,18H,1H3,(H,19,20). The second-order valence-corrected chi connectivity index (χ2v) is 5.73. The fraction of sp³-hybridized carbons (Fsp3) is 0.133. The van der Waals surface area contributed by atoms with Crippen LogP contribution in [0.3, 0.4) is 0 Å². The summed E-state index contributed by atoms with van der Waals surface area (Å²) in [5, 5.41) is 12.9. The van der Waals surface area contributed by atoms with Gasteiger partial charge in [0.2, 0.25) is 0 Å². The molecule has 0 saturated heterocycles. The summed E-state index contributed by atoms with van der Waals surface area (Å²) in [7, 11) is 0. The molecule has 2 rings (SSSR count).